The largest absolute Gasteiger partial charge is 0.381 e. The van der Waals surface area contributed by atoms with Gasteiger partial charge in [-0.2, -0.15) is 0 Å². The molecule has 1 atom stereocenters. The molecule has 6 heteroatoms. The fourth-order valence-corrected chi connectivity index (χ4v) is 1.62. The number of carbonyl (C=O) groups excluding carboxylic acids is 1. The first kappa shape index (κ1) is 13.3. The first-order valence-electron chi connectivity index (χ1n) is 5.74. The van der Waals surface area contributed by atoms with Gasteiger partial charge < -0.3 is 10.1 Å². The number of nitro groups is 1. The Morgan fingerprint density at radius 3 is 2.82 bits per heavy atom. The van der Waals surface area contributed by atoms with Crippen molar-refractivity contribution in [2.45, 2.75) is 45.1 Å². The van der Waals surface area contributed by atoms with Gasteiger partial charge in [0, 0.05) is 0 Å². The molecule has 1 unspecified atom stereocenters. The van der Waals surface area contributed by atoms with Gasteiger partial charge in [-0.15, -0.1) is 0 Å². The Labute approximate surface area is 99.8 Å². The molecular formula is C11H16N3O3. The van der Waals surface area contributed by atoms with Crippen LogP contribution in [0.5, 0.6) is 0 Å². The summed E-state index contributed by atoms with van der Waals surface area (Å²) >= 11 is 0. The summed E-state index contributed by atoms with van der Waals surface area (Å²) in [4.78, 5) is 24.3. The fraction of sp³-hybridized carbons (Fsp3) is 0.636. The van der Waals surface area contributed by atoms with E-state index in [0.29, 0.717) is 6.42 Å². The van der Waals surface area contributed by atoms with Gasteiger partial charge in [0.2, 0.25) is 12.6 Å². The molecular weight excluding hydrogens is 222 g/mol. The Balaban J connectivity index is 2.53. The Kier molecular flexibility index (Phi) is 5.32. The van der Waals surface area contributed by atoms with Crippen LogP contribution in [0.3, 0.4) is 0 Å². The third-order valence-electron chi connectivity index (χ3n) is 2.60. The zero-order valence-electron chi connectivity index (χ0n) is 9.83. The van der Waals surface area contributed by atoms with Crippen molar-refractivity contribution in [3.8, 4) is 0 Å². The average molecular weight is 238 g/mol. The molecule has 0 aliphatic rings. The monoisotopic (exact) mass is 238 g/mol. The molecule has 1 aromatic rings. The molecule has 1 heterocycles. The fourth-order valence-electron chi connectivity index (χ4n) is 1.62. The highest BCUT2D eigenvalue weighted by Crippen LogP contribution is 2.17. The predicted molar refractivity (Wildman–Crippen MR) is 62.4 cm³/mol. The van der Waals surface area contributed by atoms with Crippen molar-refractivity contribution in [3.63, 3.8) is 0 Å². The Morgan fingerprint density at radius 2 is 2.29 bits per heavy atom. The van der Waals surface area contributed by atoms with Crippen LogP contribution in [0.4, 0.5) is 5.82 Å². The smallest absolute Gasteiger partial charge is 0.358 e. The minimum absolute atomic E-state index is 0.237. The third kappa shape index (κ3) is 3.97. The van der Waals surface area contributed by atoms with Crippen molar-refractivity contribution < 1.29 is 9.72 Å². The van der Waals surface area contributed by atoms with Gasteiger partial charge in [-0.1, -0.05) is 32.6 Å². The number of hydrogen-bond donors (Lipinski definition) is 0. The molecule has 93 valence electrons. The van der Waals surface area contributed by atoms with Crippen LogP contribution < -0.4 is 0 Å². The predicted octanol–water partition coefficient (Wildman–Crippen LogP) is 2.41. The second-order valence-electron chi connectivity index (χ2n) is 3.92. The van der Waals surface area contributed by atoms with E-state index >= 15 is 0 Å². The third-order valence-corrected chi connectivity index (χ3v) is 2.60. The lowest BCUT2D eigenvalue weighted by Crippen LogP contribution is -2.08. The van der Waals surface area contributed by atoms with Crippen molar-refractivity contribution in [2.75, 3.05) is 0 Å². The van der Waals surface area contributed by atoms with Gasteiger partial charge in [0.05, 0.1) is 0 Å². The van der Waals surface area contributed by atoms with Gasteiger partial charge in [-0.05, 0) is 16.3 Å². The van der Waals surface area contributed by atoms with Crippen LogP contribution in [0.25, 0.3) is 0 Å². The summed E-state index contributed by atoms with van der Waals surface area (Å²) in [5.41, 5.74) is 0. The van der Waals surface area contributed by atoms with Crippen LogP contribution in [-0.4, -0.2) is 20.8 Å². The zero-order valence-corrected chi connectivity index (χ0v) is 9.83. The molecule has 1 radical (unpaired) electrons. The molecule has 0 aliphatic carbocycles. The summed E-state index contributed by atoms with van der Waals surface area (Å²) in [6.45, 7) is 2.11. The molecule has 0 aromatic carbocycles. The molecule has 0 bridgehead atoms. The van der Waals surface area contributed by atoms with E-state index in [0.717, 1.165) is 25.7 Å². The summed E-state index contributed by atoms with van der Waals surface area (Å²) < 4.78 is 1.46. The quantitative estimate of drug-likeness (QED) is 0.396. The van der Waals surface area contributed by atoms with Gasteiger partial charge in [-0.3, -0.25) is 9.36 Å². The Hall–Kier alpha value is -1.72. The first-order chi connectivity index (χ1) is 8.19. The van der Waals surface area contributed by atoms with E-state index in [1.807, 2.05) is 6.29 Å². The van der Waals surface area contributed by atoms with E-state index in [1.54, 1.807) is 0 Å². The number of rotatable bonds is 8. The minimum Gasteiger partial charge on any atom is -0.358 e. The maximum Gasteiger partial charge on any atom is 0.381 e. The highest BCUT2D eigenvalue weighted by atomic mass is 16.6. The van der Waals surface area contributed by atoms with Crippen molar-refractivity contribution in [1.29, 1.82) is 0 Å². The van der Waals surface area contributed by atoms with Gasteiger partial charge in [0.15, 0.2) is 0 Å². The molecule has 17 heavy (non-hydrogen) atoms. The second-order valence-corrected chi connectivity index (χ2v) is 3.92. The summed E-state index contributed by atoms with van der Waals surface area (Å²) in [5, 5.41) is 10.5. The molecule has 0 amide bonds. The number of aromatic nitrogens is 2. The molecule has 0 N–H and O–H groups in total. The number of nitrogens with zero attached hydrogens (tertiary/aromatic N) is 3. The maximum absolute atomic E-state index is 10.8. The van der Waals surface area contributed by atoms with Crippen LogP contribution in [0.2, 0.25) is 0 Å². The summed E-state index contributed by atoms with van der Waals surface area (Å²) in [6.07, 6.45) is 9.38. The average Bonchev–Trinajstić information content (AvgIpc) is 2.79. The highest BCUT2D eigenvalue weighted by molar-refractivity contribution is 5.56. The first-order valence-corrected chi connectivity index (χ1v) is 5.74. The van der Waals surface area contributed by atoms with Crippen molar-refractivity contribution in [1.82, 2.24) is 9.55 Å². The highest BCUT2D eigenvalue weighted by Gasteiger charge is 2.16. The summed E-state index contributed by atoms with van der Waals surface area (Å²) in [7, 11) is 0. The van der Waals surface area contributed by atoms with E-state index < -0.39 is 11.0 Å². The van der Waals surface area contributed by atoms with Gasteiger partial charge in [0.1, 0.15) is 12.2 Å². The molecule has 0 saturated carbocycles. The lowest BCUT2D eigenvalue weighted by Gasteiger charge is -2.08. The molecule has 0 aliphatic heterocycles. The zero-order chi connectivity index (χ0) is 12.7. The SMILES string of the molecule is CCCCCCC([C]=O)n1cnc([N+](=O)[O-])c1. The minimum atomic E-state index is -0.574. The molecule has 6 nitrogen and oxygen atoms in total. The second kappa shape index (κ2) is 6.78. The topological polar surface area (TPSA) is 78.0 Å². The van der Waals surface area contributed by atoms with Gasteiger partial charge >= 0.3 is 5.82 Å². The Bertz CT molecular complexity index is 376. The molecule has 0 spiro atoms. The van der Waals surface area contributed by atoms with E-state index in [-0.39, 0.29) is 5.82 Å². The number of hydrogen-bond acceptors (Lipinski definition) is 4. The van der Waals surface area contributed by atoms with Gasteiger partial charge in [-0.25, -0.2) is 0 Å². The number of unbranched alkanes of at least 4 members (excludes halogenated alkanes) is 3. The molecule has 0 saturated heterocycles. The molecule has 1 rings (SSSR count). The lowest BCUT2D eigenvalue weighted by atomic mass is 10.1. The molecule has 0 fully saturated rings. The van der Waals surface area contributed by atoms with E-state index in [9.17, 15) is 14.9 Å². The van der Waals surface area contributed by atoms with Crippen LogP contribution in [-0.2, 0) is 4.79 Å². The normalized spacial score (nSPS) is 12.3. The van der Waals surface area contributed by atoms with Crippen molar-refractivity contribution in [3.05, 3.63) is 22.6 Å². The van der Waals surface area contributed by atoms with E-state index in [2.05, 4.69) is 11.9 Å². The summed E-state index contributed by atoms with van der Waals surface area (Å²) in [6, 6.07) is -0.465. The van der Waals surface area contributed by atoms with E-state index in [4.69, 9.17) is 0 Å². The van der Waals surface area contributed by atoms with Crippen LogP contribution in [0.15, 0.2) is 12.5 Å². The summed E-state index contributed by atoms with van der Waals surface area (Å²) in [5.74, 6) is -0.237. The Morgan fingerprint density at radius 1 is 1.53 bits per heavy atom. The van der Waals surface area contributed by atoms with Crippen LogP contribution in [0, 0.1) is 10.1 Å². The lowest BCUT2D eigenvalue weighted by molar-refractivity contribution is -0.389. The standard InChI is InChI=1S/C11H16N3O3/c1-2-3-4-5-6-10(8-15)13-7-11(12-9-13)14(16)17/h7,9-10H,2-6H2,1H3. The van der Waals surface area contributed by atoms with Crippen molar-refractivity contribution >= 4 is 12.1 Å². The van der Waals surface area contributed by atoms with Crippen LogP contribution >= 0.6 is 0 Å². The number of imidazole rings is 1. The molecule has 1 aromatic heterocycles. The van der Waals surface area contributed by atoms with Crippen LogP contribution in [0.1, 0.15) is 45.1 Å². The van der Waals surface area contributed by atoms with Crippen molar-refractivity contribution in [2.24, 2.45) is 0 Å². The van der Waals surface area contributed by atoms with E-state index in [1.165, 1.54) is 17.1 Å². The van der Waals surface area contributed by atoms with Gasteiger partial charge in [0.25, 0.3) is 0 Å². The maximum atomic E-state index is 10.8.